The lowest BCUT2D eigenvalue weighted by atomic mass is 10.0. The molecule has 4 nitrogen and oxygen atoms in total. The van der Waals surface area contributed by atoms with Gasteiger partial charge in [0.15, 0.2) is 0 Å². The Kier molecular flexibility index (Phi) is 3.32. The fraction of sp³-hybridized carbons (Fsp3) is 0.308. The Morgan fingerprint density at radius 1 is 1.35 bits per heavy atom. The van der Waals surface area contributed by atoms with E-state index in [1.807, 2.05) is 0 Å². The molecular weight excluding hydrogens is 220 g/mol. The van der Waals surface area contributed by atoms with E-state index in [1.165, 1.54) is 19.2 Å². The number of methoxy groups -OCH3 is 1. The SMILES string of the molecule is COC(=O)/C(=C1\CCCO1)c1ccc(O)cc1. The molecule has 1 N–H and O–H groups in total. The molecule has 0 unspecified atom stereocenters. The van der Waals surface area contributed by atoms with Crippen molar-refractivity contribution < 1.29 is 19.4 Å². The van der Waals surface area contributed by atoms with Crippen LogP contribution in [0.25, 0.3) is 5.57 Å². The topological polar surface area (TPSA) is 55.8 Å². The van der Waals surface area contributed by atoms with Crippen LogP contribution >= 0.6 is 0 Å². The predicted molar refractivity (Wildman–Crippen MR) is 62.2 cm³/mol. The van der Waals surface area contributed by atoms with Crippen LogP contribution in [-0.4, -0.2) is 24.8 Å². The minimum atomic E-state index is -0.410. The number of hydrogen-bond acceptors (Lipinski definition) is 4. The number of hydrogen-bond donors (Lipinski definition) is 1. The first-order valence-corrected chi connectivity index (χ1v) is 5.46. The lowest BCUT2D eigenvalue weighted by Gasteiger charge is -2.09. The van der Waals surface area contributed by atoms with E-state index in [0.717, 1.165) is 12.8 Å². The van der Waals surface area contributed by atoms with Gasteiger partial charge in [0, 0.05) is 6.42 Å². The van der Waals surface area contributed by atoms with Gasteiger partial charge in [-0.2, -0.15) is 0 Å². The van der Waals surface area contributed by atoms with Crippen LogP contribution < -0.4 is 0 Å². The van der Waals surface area contributed by atoms with Gasteiger partial charge in [-0.25, -0.2) is 4.79 Å². The summed E-state index contributed by atoms with van der Waals surface area (Å²) in [5.41, 5.74) is 1.15. The molecule has 17 heavy (non-hydrogen) atoms. The fourth-order valence-electron chi connectivity index (χ4n) is 1.82. The highest BCUT2D eigenvalue weighted by atomic mass is 16.5. The van der Waals surface area contributed by atoms with Gasteiger partial charge in [0.1, 0.15) is 17.1 Å². The first kappa shape index (κ1) is 11.5. The number of allylic oxidation sites excluding steroid dienone is 1. The van der Waals surface area contributed by atoms with Crippen molar-refractivity contribution in [2.75, 3.05) is 13.7 Å². The highest BCUT2D eigenvalue weighted by Crippen LogP contribution is 2.28. The van der Waals surface area contributed by atoms with Gasteiger partial charge >= 0.3 is 5.97 Å². The highest BCUT2D eigenvalue weighted by molar-refractivity contribution is 6.17. The molecule has 1 heterocycles. The molecule has 0 atom stereocenters. The van der Waals surface area contributed by atoms with Gasteiger partial charge in [-0.05, 0) is 24.1 Å². The van der Waals surface area contributed by atoms with Crippen LogP contribution in [0.1, 0.15) is 18.4 Å². The molecule has 4 heteroatoms. The van der Waals surface area contributed by atoms with Crippen molar-refractivity contribution in [1.82, 2.24) is 0 Å². The summed E-state index contributed by atoms with van der Waals surface area (Å²) in [7, 11) is 1.35. The summed E-state index contributed by atoms with van der Waals surface area (Å²) in [6.45, 7) is 0.633. The van der Waals surface area contributed by atoms with Crippen molar-refractivity contribution in [1.29, 1.82) is 0 Å². The average molecular weight is 234 g/mol. The standard InChI is InChI=1S/C13H14O4/c1-16-13(15)12(11-3-2-8-17-11)9-4-6-10(14)7-5-9/h4-7,14H,2-3,8H2,1H3/b12-11+. The molecule has 1 aliphatic heterocycles. The number of benzene rings is 1. The van der Waals surface area contributed by atoms with E-state index in [-0.39, 0.29) is 5.75 Å². The minimum absolute atomic E-state index is 0.162. The zero-order valence-electron chi connectivity index (χ0n) is 9.60. The normalized spacial score (nSPS) is 17.5. The van der Waals surface area contributed by atoms with Crippen molar-refractivity contribution in [2.45, 2.75) is 12.8 Å². The summed E-state index contributed by atoms with van der Waals surface area (Å²) < 4.78 is 10.2. The third-order valence-corrected chi connectivity index (χ3v) is 2.65. The lowest BCUT2D eigenvalue weighted by Crippen LogP contribution is -2.07. The van der Waals surface area contributed by atoms with Gasteiger partial charge < -0.3 is 14.6 Å². The second kappa shape index (κ2) is 4.91. The van der Waals surface area contributed by atoms with Gasteiger partial charge in [0.25, 0.3) is 0 Å². The molecule has 1 aromatic rings. The highest BCUT2D eigenvalue weighted by Gasteiger charge is 2.22. The number of ether oxygens (including phenoxy) is 2. The Bertz CT molecular complexity index is 437. The smallest absolute Gasteiger partial charge is 0.341 e. The number of carbonyl (C=O) groups excluding carboxylic acids is 1. The van der Waals surface area contributed by atoms with Crippen molar-refractivity contribution in [3.63, 3.8) is 0 Å². The quantitative estimate of drug-likeness (QED) is 0.628. The first-order chi connectivity index (χ1) is 8.22. The zero-order chi connectivity index (χ0) is 12.3. The maximum Gasteiger partial charge on any atom is 0.341 e. The van der Waals surface area contributed by atoms with E-state index in [4.69, 9.17) is 9.47 Å². The molecule has 90 valence electrons. The monoisotopic (exact) mass is 234 g/mol. The number of esters is 1. The largest absolute Gasteiger partial charge is 0.508 e. The van der Waals surface area contributed by atoms with Crippen molar-refractivity contribution in [2.24, 2.45) is 0 Å². The maximum atomic E-state index is 11.8. The van der Waals surface area contributed by atoms with E-state index < -0.39 is 5.97 Å². The maximum absolute atomic E-state index is 11.8. The molecule has 0 aliphatic carbocycles. The van der Waals surface area contributed by atoms with Gasteiger partial charge in [0.2, 0.25) is 0 Å². The summed E-state index contributed by atoms with van der Waals surface area (Å²) in [5, 5.41) is 9.24. The van der Waals surface area contributed by atoms with E-state index in [0.29, 0.717) is 23.5 Å². The molecule has 0 spiro atoms. The van der Waals surface area contributed by atoms with Crippen LogP contribution in [0.3, 0.4) is 0 Å². The Morgan fingerprint density at radius 2 is 2.06 bits per heavy atom. The second-order valence-electron chi connectivity index (χ2n) is 3.79. The molecule has 0 bridgehead atoms. The molecule has 0 amide bonds. The molecule has 0 radical (unpaired) electrons. The Labute approximate surface area is 99.5 Å². The fourth-order valence-corrected chi connectivity index (χ4v) is 1.82. The van der Waals surface area contributed by atoms with Crippen LogP contribution in [0.4, 0.5) is 0 Å². The van der Waals surface area contributed by atoms with Crippen LogP contribution in [0.5, 0.6) is 5.75 Å². The van der Waals surface area contributed by atoms with Crippen molar-refractivity contribution in [3.05, 3.63) is 35.6 Å². The second-order valence-corrected chi connectivity index (χ2v) is 3.79. The van der Waals surface area contributed by atoms with Crippen LogP contribution in [-0.2, 0) is 14.3 Å². The number of phenolic OH excluding ortho intramolecular Hbond substituents is 1. The molecule has 1 saturated heterocycles. The van der Waals surface area contributed by atoms with E-state index in [9.17, 15) is 9.90 Å². The third-order valence-electron chi connectivity index (χ3n) is 2.65. The Hall–Kier alpha value is -1.97. The third kappa shape index (κ3) is 2.41. The number of rotatable bonds is 2. The molecule has 2 rings (SSSR count). The minimum Gasteiger partial charge on any atom is -0.508 e. The molecular formula is C13H14O4. The van der Waals surface area contributed by atoms with Gasteiger partial charge in [-0.1, -0.05) is 12.1 Å². The predicted octanol–water partition coefficient (Wildman–Crippen LogP) is 2.09. The number of carbonyl (C=O) groups is 1. The van der Waals surface area contributed by atoms with Gasteiger partial charge in [-0.15, -0.1) is 0 Å². The van der Waals surface area contributed by atoms with Gasteiger partial charge in [-0.3, -0.25) is 0 Å². The molecule has 1 aromatic carbocycles. The van der Waals surface area contributed by atoms with E-state index in [1.54, 1.807) is 12.1 Å². The number of phenols is 1. The Balaban J connectivity index is 2.43. The van der Waals surface area contributed by atoms with Crippen molar-refractivity contribution >= 4 is 11.5 Å². The molecule has 1 aliphatic rings. The van der Waals surface area contributed by atoms with Gasteiger partial charge in [0.05, 0.1) is 13.7 Å². The first-order valence-electron chi connectivity index (χ1n) is 5.46. The van der Waals surface area contributed by atoms with E-state index >= 15 is 0 Å². The Morgan fingerprint density at radius 3 is 2.59 bits per heavy atom. The summed E-state index contributed by atoms with van der Waals surface area (Å²) in [5.74, 6) is 0.422. The van der Waals surface area contributed by atoms with Crippen LogP contribution in [0.15, 0.2) is 30.0 Å². The average Bonchev–Trinajstić information content (AvgIpc) is 2.85. The zero-order valence-corrected chi connectivity index (χ0v) is 9.60. The number of aromatic hydroxyl groups is 1. The van der Waals surface area contributed by atoms with Crippen LogP contribution in [0, 0.1) is 0 Å². The van der Waals surface area contributed by atoms with Crippen LogP contribution in [0.2, 0.25) is 0 Å². The molecule has 0 saturated carbocycles. The molecule has 1 fully saturated rings. The lowest BCUT2D eigenvalue weighted by molar-refractivity contribution is -0.133. The van der Waals surface area contributed by atoms with E-state index in [2.05, 4.69) is 0 Å². The summed E-state index contributed by atoms with van der Waals surface area (Å²) in [6.07, 6.45) is 1.65. The summed E-state index contributed by atoms with van der Waals surface area (Å²) in [6, 6.07) is 6.42. The molecule has 0 aromatic heterocycles. The summed E-state index contributed by atoms with van der Waals surface area (Å²) >= 11 is 0. The summed E-state index contributed by atoms with van der Waals surface area (Å²) in [4.78, 5) is 11.8. The van der Waals surface area contributed by atoms with Crippen molar-refractivity contribution in [3.8, 4) is 5.75 Å².